The second-order valence-electron chi connectivity index (χ2n) is 7.81. The van der Waals surface area contributed by atoms with E-state index in [-0.39, 0.29) is 5.04 Å². The van der Waals surface area contributed by atoms with Crippen molar-refractivity contribution in [3.05, 3.63) is 88.5 Å². The fraction of sp³-hybridized carbons (Fsp3) is 0.250. The summed E-state index contributed by atoms with van der Waals surface area (Å²) in [5.41, 5.74) is 0. The van der Waals surface area contributed by atoms with Crippen LogP contribution >= 0.6 is 22.6 Å². The molecule has 146 valence electrons. The summed E-state index contributed by atoms with van der Waals surface area (Å²) in [6.45, 7) is 7.96. The van der Waals surface area contributed by atoms with Crippen molar-refractivity contribution in [1.29, 1.82) is 0 Å². The van der Waals surface area contributed by atoms with E-state index >= 15 is 0 Å². The monoisotopic (exact) mass is 502 g/mol. The summed E-state index contributed by atoms with van der Waals surface area (Å²) >= 11 is 2.30. The van der Waals surface area contributed by atoms with Crippen LogP contribution < -0.4 is 15.1 Å². The minimum Gasteiger partial charge on any atom is -0.491 e. The summed E-state index contributed by atoms with van der Waals surface area (Å²) < 4.78 is 14.0. The van der Waals surface area contributed by atoms with Crippen molar-refractivity contribution in [2.75, 3.05) is 13.2 Å². The molecule has 0 amide bonds. The second kappa shape index (κ2) is 9.24. The Hall–Kier alpha value is -1.63. The Balaban J connectivity index is 1.87. The van der Waals surface area contributed by atoms with Crippen molar-refractivity contribution in [3.63, 3.8) is 0 Å². The normalized spacial score (nSPS) is 12.0. The molecule has 28 heavy (non-hydrogen) atoms. The van der Waals surface area contributed by atoms with Gasteiger partial charge in [0.15, 0.2) is 0 Å². The Kier molecular flexibility index (Phi) is 6.96. The zero-order chi connectivity index (χ0) is 20.0. The molecule has 0 spiro atoms. The highest BCUT2D eigenvalue weighted by atomic mass is 127. The average molecular weight is 502 g/mol. The zero-order valence-corrected chi connectivity index (χ0v) is 19.8. The van der Waals surface area contributed by atoms with Crippen LogP contribution in [0.25, 0.3) is 0 Å². The van der Waals surface area contributed by atoms with E-state index in [1.807, 2.05) is 12.1 Å². The molecule has 0 unspecified atom stereocenters. The van der Waals surface area contributed by atoms with Gasteiger partial charge in [-0.15, -0.1) is 0 Å². The highest BCUT2D eigenvalue weighted by Gasteiger charge is 2.50. The lowest BCUT2D eigenvalue weighted by Gasteiger charge is -2.43. The first-order chi connectivity index (χ1) is 13.4. The van der Waals surface area contributed by atoms with Gasteiger partial charge >= 0.3 is 0 Å². The Morgan fingerprint density at radius 3 is 1.68 bits per heavy atom. The molecule has 0 bridgehead atoms. The van der Waals surface area contributed by atoms with E-state index in [2.05, 4.69) is 116 Å². The van der Waals surface area contributed by atoms with E-state index < -0.39 is 8.32 Å². The standard InChI is InChI=1S/C24H27IO2Si/c1-24(2,3)28(22-10-6-4-7-11-22,23-12-8-5-9-13-23)27-19-18-26-21-16-14-20(25)15-17-21/h4-17H,18-19H2,1-3H3. The molecule has 3 rings (SSSR count). The highest BCUT2D eigenvalue weighted by molar-refractivity contribution is 14.1. The van der Waals surface area contributed by atoms with Crippen LogP contribution in [0.2, 0.25) is 5.04 Å². The van der Waals surface area contributed by atoms with Crippen LogP contribution in [0.3, 0.4) is 0 Å². The molecule has 0 aliphatic rings. The first-order valence-electron chi connectivity index (χ1n) is 9.57. The molecule has 0 saturated heterocycles. The molecule has 0 fully saturated rings. The topological polar surface area (TPSA) is 18.5 Å². The molecule has 0 aliphatic carbocycles. The van der Waals surface area contributed by atoms with E-state index in [4.69, 9.17) is 9.16 Å². The van der Waals surface area contributed by atoms with Crippen molar-refractivity contribution < 1.29 is 9.16 Å². The molecule has 0 aromatic heterocycles. The Morgan fingerprint density at radius 2 is 1.21 bits per heavy atom. The molecule has 2 nitrogen and oxygen atoms in total. The number of hydrogen-bond acceptors (Lipinski definition) is 2. The Morgan fingerprint density at radius 1 is 0.714 bits per heavy atom. The Labute approximate surface area is 183 Å². The quantitative estimate of drug-likeness (QED) is 0.250. The summed E-state index contributed by atoms with van der Waals surface area (Å²) in [5, 5.41) is 2.57. The van der Waals surface area contributed by atoms with Crippen LogP contribution in [0, 0.1) is 3.57 Å². The van der Waals surface area contributed by atoms with Gasteiger partial charge in [0.05, 0.1) is 6.61 Å². The van der Waals surface area contributed by atoms with Gasteiger partial charge in [0.25, 0.3) is 8.32 Å². The van der Waals surface area contributed by atoms with Crippen molar-refractivity contribution in [3.8, 4) is 5.75 Å². The molecule has 0 atom stereocenters. The summed E-state index contributed by atoms with van der Waals surface area (Å²) in [6.07, 6.45) is 0. The van der Waals surface area contributed by atoms with E-state index in [1.165, 1.54) is 13.9 Å². The third kappa shape index (κ3) is 4.67. The van der Waals surface area contributed by atoms with E-state index in [1.54, 1.807) is 0 Å². The number of rotatable bonds is 7. The zero-order valence-electron chi connectivity index (χ0n) is 16.7. The fourth-order valence-electron chi connectivity index (χ4n) is 3.65. The molecule has 0 saturated carbocycles. The smallest absolute Gasteiger partial charge is 0.261 e. The van der Waals surface area contributed by atoms with Crippen molar-refractivity contribution in [2.24, 2.45) is 0 Å². The lowest BCUT2D eigenvalue weighted by Crippen LogP contribution is -2.66. The van der Waals surface area contributed by atoms with Gasteiger partial charge in [-0.3, -0.25) is 0 Å². The largest absolute Gasteiger partial charge is 0.491 e. The molecule has 0 radical (unpaired) electrons. The molecule has 3 aromatic rings. The number of benzene rings is 3. The molecule has 3 aromatic carbocycles. The molecular weight excluding hydrogens is 475 g/mol. The van der Waals surface area contributed by atoms with Crippen LogP contribution in [0.4, 0.5) is 0 Å². The first-order valence-corrected chi connectivity index (χ1v) is 12.6. The van der Waals surface area contributed by atoms with Gasteiger partial charge < -0.3 is 9.16 Å². The fourth-order valence-corrected chi connectivity index (χ4v) is 8.55. The first kappa shape index (κ1) is 21.1. The predicted octanol–water partition coefficient (Wildman–Crippen LogP) is 5.25. The maximum atomic E-state index is 6.82. The average Bonchev–Trinajstić information content (AvgIpc) is 2.70. The van der Waals surface area contributed by atoms with Crippen molar-refractivity contribution in [2.45, 2.75) is 25.8 Å². The maximum Gasteiger partial charge on any atom is 0.261 e. The minimum absolute atomic E-state index is 0.0153. The second-order valence-corrected chi connectivity index (χ2v) is 13.4. The van der Waals surface area contributed by atoms with Crippen LogP contribution in [-0.2, 0) is 4.43 Å². The third-order valence-corrected chi connectivity index (χ3v) is 10.7. The summed E-state index contributed by atoms with van der Waals surface area (Å²) in [4.78, 5) is 0. The number of hydrogen-bond donors (Lipinski definition) is 0. The predicted molar refractivity (Wildman–Crippen MR) is 128 cm³/mol. The number of halogens is 1. The summed E-state index contributed by atoms with van der Waals surface area (Å²) in [5.74, 6) is 0.881. The van der Waals surface area contributed by atoms with Gasteiger partial charge in [0, 0.05) is 3.57 Å². The summed E-state index contributed by atoms with van der Waals surface area (Å²) in [6, 6.07) is 29.5. The van der Waals surface area contributed by atoms with E-state index in [0.29, 0.717) is 13.2 Å². The summed E-state index contributed by atoms with van der Waals surface area (Å²) in [7, 11) is -2.48. The van der Waals surface area contributed by atoms with Gasteiger partial charge in [0.1, 0.15) is 12.4 Å². The van der Waals surface area contributed by atoms with Gasteiger partial charge in [0.2, 0.25) is 0 Å². The minimum atomic E-state index is -2.48. The van der Waals surface area contributed by atoms with Gasteiger partial charge in [-0.05, 0) is 62.3 Å². The van der Waals surface area contributed by atoms with Gasteiger partial charge in [-0.1, -0.05) is 81.4 Å². The van der Waals surface area contributed by atoms with Crippen molar-refractivity contribution >= 4 is 41.3 Å². The highest BCUT2D eigenvalue weighted by Crippen LogP contribution is 2.36. The molecule has 0 N–H and O–H groups in total. The number of ether oxygens (including phenoxy) is 1. The maximum absolute atomic E-state index is 6.82. The van der Waals surface area contributed by atoms with Crippen molar-refractivity contribution in [1.82, 2.24) is 0 Å². The van der Waals surface area contributed by atoms with E-state index in [9.17, 15) is 0 Å². The van der Waals surface area contributed by atoms with Gasteiger partial charge in [-0.25, -0.2) is 0 Å². The van der Waals surface area contributed by atoms with Crippen LogP contribution in [0.1, 0.15) is 20.8 Å². The third-order valence-electron chi connectivity index (χ3n) is 4.90. The van der Waals surface area contributed by atoms with Crippen LogP contribution in [0.5, 0.6) is 5.75 Å². The lowest BCUT2D eigenvalue weighted by atomic mass is 10.2. The molecular formula is C24H27IO2Si. The van der Waals surface area contributed by atoms with Gasteiger partial charge in [-0.2, -0.15) is 0 Å². The Bertz CT molecular complexity index is 819. The van der Waals surface area contributed by atoms with Crippen LogP contribution in [-0.4, -0.2) is 21.5 Å². The molecule has 4 heteroatoms. The SMILES string of the molecule is CC(C)(C)[Si](OCCOc1ccc(I)cc1)(c1ccccc1)c1ccccc1. The lowest BCUT2D eigenvalue weighted by molar-refractivity contribution is 0.208. The van der Waals surface area contributed by atoms with Crippen LogP contribution in [0.15, 0.2) is 84.9 Å². The molecule has 0 heterocycles. The molecule has 0 aliphatic heterocycles. The van der Waals surface area contributed by atoms with E-state index in [0.717, 1.165) is 5.75 Å².